The number of hydrogen-bond acceptors (Lipinski definition) is 2. The molecule has 0 bridgehead atoms. The second-order valence-electron chi connectivity index (χ2n) is 4.53. The maximum absolute atomic E-state index is 11.8. The first-order valence-corrected chi connectivity index (χ1v) is 6.38. The van der Waals surface area contributed by atoms with Crippen LogP contribution in [0.1, 0.15) is 15.9 Å². The highest BCUT2D eigenvalue weighted by atomic mass is 16.1. The second-order valence-corrected chi connectivity index (χ2v) is 4.53. The molecule has 2 aromatic rings. The van der Waals surface area contributed by atoms with Crippen molar-refractivity contribution in [1.29, 1.82) is 0 Å². The zero-order chi connectivity index (χ0) is 13.5. The number of amides is 1. The summed E-state index contributed by atoms with van der Waals surface area (Å²) in [6, 6.07) is 19.1. The molecule has 0 aliphatic rings. The average Bonchev–Trinajstić information content (AvgIpc) is 2.47. The van der Waals surface area contributed by atoms with Gasteiger partial charge in [-0.15, -0.1) is 0 Å². The van der Waals surface area contributed by atoms with Gasteiger partial charge in [-0.2, -0.15) is 0 Å². The molecule has 0 saturated carbocycles. The molecule has 3 N–H and O–H groups in total. The standard InChI is InChI=1S/C16H18N2O/c17-15(11-13-7-3-1-4-8-13)12-18-16(19)14-9-5-2-6-10-14/h1-10,15H,11-12,17H2,(H,18,19)/t15-/m1/s1. The fourth-order valence-corrected chi connectivity index (χ4v) is 1.90. The van der Waals surface area contributed by atoms with Gasteiger partial charge in [-0.1, -0.05) is 48.5 Å². The maximum Gasteiger partial charge on any atom is 0.251 e. The van der Waals surface area contributed by atoms with Crippen molar-refractivity contribution < 1.29 is 4.79 Å². The van der Waals surface area contributed by atoms with Gasteiger partial charge in [0.1, 0.15) is 0 Å². The quantitative estimate of drug-likeness (QED) is 0.857. The lowest BCUT2D eigenvalue weighted by atomic mass is 10.1. The number of nitrogens with one attached hydrogen (secondary N) is 1. The highest BCUT2D eigenvalue weighted by molar-refractivity contribution is 5.94. The molecule has 0 fully saturated rings. The molecule has 0 saturated heterocycles. The van der Waals surface area contributed by atoms with E-state index in [1.807, 2.05) is 48.5 Å². The van der Waals surface area contributed by atoms with Crippen molar-refractivity contribution in [3.8, 4) is 0 Å². The van der Waals surface area contributed by atoms with Crippen LogP contribution in [0.25, 0.3) is 0 Å². The van der Waals surface area contributed by atoms with Gasteiger partial charge >= 0.3 is 0 Å². The summed E-state index contributed by atoms with van der Waals surface area (Å²) in [6.45, 7) is 0.475. The summed E-state index contributed by atoms with van der Waals surface area (Å²) < 4.78 is 0. The number of nitrogens with two attached hydrogens (primary N) is 1. The molecular weight excluding hydrogens is 236 g/mol. The van der Waals surface area contributed by atoms with Crippen LogP contribution in [-0.4, -0.2) is 18.5 Å². The third kappa shape index (κ3) is 4.23. The van der Waals surface area contributed by atoms with Gasteiger partial charge in [0.05, 0.1) is 0 Å². The van der Waals surface area contributed by atoms with E-state index in [4.69, 9.17) is 5.73 Å². The Kier molecular flexibility index (Phi) is 4.70. The molecule has 0 aliphatic heterocycles. The van der Waals surface area contributed by atoms with Crippen LogP contribution < -0.4 is 11.1 Å². The van der Waals surface area contributed by atoms with Crippen molar-refractivity contribution in [1.82, 2.24) is 5.32 Å². The first kappa shape index (κ1) is 13.3. The molecule has 1 amide bonds. The lowest BCUT2D eigenvalue weighted by Crippen LogP contribution is -2.38. The summed E-state index contributed by atoms with van der Waals surface area (Å²) in [5.74, 6) is -0.0795. The molecule has 0 aliphatic carbocycles. The zero-order valence-electron chi connectivity index (χ0n) is 10.8. The summed E-state index contributed by atoms with van der Waals surface area (Å²) in [5.41, 5.74) is 7.86. The minimum atomic E-state index is -0.0795. The van der Waals surface area contributed by atoms with E-state index in [1.54, 1.807) is 12.1 Å². The highest BCUT2D eigenvalue weighted by Crippen LogP contribution is 2.02. The minimum absolute atomic E-state index is 0.0740. The fraction of sp³-hybridized carbons (Fsp3) is 0.188. The topological polar surface area (TPSA) is 55.1 Å². The Balaban J connectivity index is 1.81. The van der Waals surface area contributed by atoms with Crippen molar-refractivity contribution in [2.75, 3.05) is 6.54 Å². The van der Waals surface area contributed by atoms with E-state index in [0.717, 1.165) is 6.42 Å². The van der Waals surface area contributed by atoms with Crippen molar-refractivity contribution in [2.45, 2.75) is 12.5 Å². The third-order valence-electron chi connectivity index (χ3n) is 2.90. The largest absolute Gasteiger partial charge is 0.350 e. The number of hydrogen-bond donors (Lipinski definition) is 2. The Labute approximate surface area is 113 Å². The maximum atomic E-state index is 11.8. The van der Waals surface area contributed by atoms with E-state index >= 15 is 0 Å². The average molecular weight is 254 g/mol. The number of carbonyl (C=O) groups excluding carboxylic acids is 1. The molecule has 2 rings (SSSR count). The van der Waals surface area contributed by atoms with Crippen LogP contribution in [0.4, 0.5) is 0 Å². The molecule has 0 aromatic heterocycles. The van der Waals surface area contributed by atoms with Crippen LogP contribution in [0, 0.1) is 0 Å². The van der Waals surface area contributed by atoms with Gasteiger partial charge < -0.3 is 11.1 Å². The zero-order valence-corrected chi connectivity index (χ0v) is 10.8. The Morgan fingerprint density at radius 2 is 1.58 bits per heavy atom. The highest BCUT2D eigenvalue weighted by Gasteiger charge is 2.08. The van der Waals surface area contributed by atoms with Gasteiger partial charge in [0.25, 0.3) is 5.91 Å². The van der Waals surface area contributed by atoms with E-state index in [-0.39, 0.29) is 11.9 Å². The van der Waals surface area contributed by atoms with E-state index in [0.29, 0.717) is 12.1 Å². The first-order valence-electron chi connectivity index (χ1n) is 6.38. The Morgan fingerprint density at radius 1 is 1.00 bits per heavy atom. The van der Waals surface area contributed by atoms with E-state index in [1.165, 1.54) is 5.56 Å². The molecule has 1 atom stereocenters. The Hall–Kier alpha value is -2.13. The van der Waals surface area contributed by atoms with Crippen LogP contribution in [0.3, 0.4) is 0 Å². The lowest BCUT2D eigenvalue weighted by Gasteiger charge is -2.13. The van der Waals surface area contributed by atoms with E-state index in [2.05, 4.69) is 5.32 Å². The van der Waals surface area contributed by atoms with Crippen molar-refractivity contribution in [3.63, 3.8) is 0 Å². The van der Waals surface area contributed by atoms with Crippen LogP contribution in [0.5, 0.6) is 0 Å². The van der Waals surface area contributed by atoms with Gasteiger partial charge in [-0.3, -0.25) is 4.79 Å². The molecule has 98 valence electrons. The molecule has 0 heterocycles. The summed E-state index contributed by atoms with van der Waals surface area (Å²) in [7, 11) is 0. The normalized spacial score (nSPS) is 11.8. The van der Waals surface area contributed by atoms with Crippen LogP contribution in [0.15, 0.2) is 60.7 Å². The lowest BCUT2D eigenvalue weighted by molar-refractivity contribution is 0.0951. The van der Waals surface area contributed by atoms with Gasteiger partial charge in [0.15, 0.2) is 0 Å². The van der Waals surface area contributed by atoms with Gasteiger partial charge in [0.2, 0.25) is 0 Å². The van der Waals surface area contributed by atoms with Crippen molar-refractivity contribution in [2.24, 2.45) is 5.73 Å². The third-order valence-corrected chi connectivity index (χ3v) is 2.90. The van der Waals surface area contributed by atoms with Crippen LogP contribution >= 0.6 is 0 Å². The molecule has 19 heavy (non-hydrogen) atoms. The number of rotatable bonds is 5. The van der Waals surface area contributed by atoms with Crippen molar-refractivity contribution >= 4 is 5.91 Å². The molecule has 0 unspecified atom stereocenters. The molecule has 3 heteroatoms. The number of carbonyl (C=O) groups is 1. The Bertz CT molecular complexity index is 511. The van der Waals surface area contributed by atoms with Crippen LogP contribution in [0.2, 0.25) is 0 Å². The predicted octanol–water partition coefficient (Wildman–Crippen LogP) is 1.99. The molecular formula is C16H18N2O. The molecule has 3 nitrogen and oxygen atoms in total. The van der Waals surface area contributed by atoms with Gasteiger partial charge in [-0.25, -0.2) is 0 Å². The smallest absolute Gasteiger partial charge is 0.251 e. The monoisotopic (exact) mass is 254 g/mol. The van der Waals surface area contributed by atoms with Crippen LogP contribution in [-0.2, 0) is 6.42 Å². The second kappa shape index (κ2) is 6.71. The number of benzene rings is 2. The van der Waals surface area contributed by atoms with Gasteiger partial charge in [0, 0.05) is 18.2 Å². The first-order chi connectivity index (χ1) is 9.25. The Morgan fingerprint density at radius 3 is 2.21 bits per heavy atom. The fourth-order valence-electron chi connectivity index (χ4n) is 1.90. The van der Waals surface area contributed by atoms with E-state index < -0.39 is 0 Å². The molecule has 2 aromatic carbocycles. The molecule has 0 spiro atoms. The summed E-state index contributed by atoms with van der Waals surface area (Å²) in [4.78, 5) is 11.8. The SMILES string of the molecule is N[C@@H](CNC(=O)c1ccccc1)Cc1ccccc1. The minimum Gasteiger partial charge on any atom is -0.350 e. The summed E-state index contributed by atoms with van der Waals surface area (Å²) in [6.07, 6.45) is 0.760. The van der Waals surface area contributed by atoms with Gasteiger partial charge in [-0.05, 0) is 24.1 Å². The summed E-state index contributed by atoms with van der Waals surface area (Å²) in [5, 5.41) is 2.86. The molecule has 0 radical (unpaired) electrons. The van der Waals surface area contributed by atoms with E-state index in [9.17, 15) is 4.79 Å². The summed E-state index contributed by atoms with van der Waals surface area (Å²) >= 11 is 0. The predicted molar refractivity (Wildman–Crippen MR) is 76.9 cm³/mol. The van der Waals surface area contributed by atoms with Crippen molar-refractivity contribution in [3.05, 3.63) is 71.8 Å².